The zero-order chi connectivity index (χ0) is 21.6. The van der Waals surface area contributed by atoms with E-state index in [0.717, 1.165) is 6.42 Å². The number of rotatable bonds is 6. The Labute approximate surface area is 191 Å². The van der Waals surface area contributed by atoms with Crippen molar-refractivity contribution in [3.63, 3.8) is 0 Å². The Morgan fingerprint density at radius 1 is 0.375 bits per heavy atom. The first-order valence-corrected chi connectivity index (χ1v) is 12.9. The molecule has 0 aliphatic rings. The van der Waals surface area contributed by atoms with Gasteiger partial charge in [0.15, 0.2) is 0 Å². The van der Waals surface area contributed by atoms with Crippen molar-refractivity contribution in [3.8, 4) is 0 Å². The Hall–Kier alpha value is -3.47. The van der Waals surface area contributed by atoms with Crippen LogP contribution >= 0.6 is 7.26 Å². The number of benzene rings is 5. The molecular formula is C31H26P+. The molecule has 5 rings (SSSR count). The molecule has 0 aromatic heterocycles. The molecule has 154 valence electrons. The van der Waals surface area contributed by atoms with Gasteiger partial charge >= 0.3 is 0 Å². The van der Waals surface area contributed by atoms with Crippen LogP contribution in [0.2, 0.25) is 0 Å². The van der Waals surface area contributed by atoms with Gasteiger partial charge in [0.2, 0.25) is 0 Å². The quantitative estimate of drug-likeness (QED) is 0.295. The minimum Gasteiger partial charge on any atom is -0.0622 e. The van der Waals surface area contributed by atoms with Gasteiger partial charge in [-0.05, 0) is 53.6 Å². The van der Waals surface area contributed by atoms with Gasteiger partial charge in [-0.15, -0.1) is 0 Å². The summed E-state index contributed by atoms with van der Waals surface area (Å²) < 4.78 is 0. The maximum atomic E-state index is 2.36. The SMILES string of the molecule is c1ccc(Cc2ccccc2[P+](c2ccccc2)(c2ccccc2)c2ccccc2)cc1. The molecule has 0 atom stereocenters. The van der Waals surface area contributed by atoms with E-state index in [0.29, 0.717) is 0 Å². The molecule has 0 unspecified atom stereocenters. The molecule has 0 amide bonds. The number of hydrogen-bond acceptors (Lipinski definition) is 0. The third kappa shape index (κ3) is 3.79. The van der Waals surface area contributed by atoms with Gasteiger partial charge < -0.3 is 0 Å². The second-order valence-corrected chi connectivity index (χ2v) is 11.3. The lowest BCUT2D eigenvalue weighted by Gasteiger charge is -2.29. The summed E-state index contributed by atoms with van der Waals surface area (Å²) in [6, 6.07) is 53.1. The van der Waals surface area contributed by atoms with Gasteiger partial charge in [0.05, 0.1) is 0 Å². The Bertz CT molecular complexity index is 1170. The van der Waals surface area contributed by atoms with Gasteiger partial charge in [0, 0.05) is 6.42 Å². The first kappa shape index (κ1) is 20.4. The lowest BCUT2D eigenvalue weighted by molar-refractivity contribution is 1.21. The first-order valence-electron chi connectivity index (χ1n) is 11.1. The molecule has 0 aliphatic carbocycles. The maximum absolute atomic E-state index is 2.36. The van der Waals surface area contributed by atoms with Crippen molar-refractivity contribution in [2.45, 2.75) is 6.42 Å². The van der Waals surface area contributed by atoms with Crippen LogP contribution in [0.4, 0.5) is 0 Å². The summed E-state index contributed by atoms with van der Waals surface area (Å²) in [5, 5.41) is 5.60. The molecule has 0 aliphatic heterocycles. The Morgan fingerprint density at radius 2 is 0.750 bits per heavy atom. The minimum atomic E-state index is -2.08. The molecule has 5 aromatic carbocycles. The van der Waals surface area contributed by atoms with E-state index in [2.05, 4.69) is 146 Å². The molecule has 0 saturated carbocycles. The van der Waals surface area contributed by atoms with Crippen molar-refractivity contribution < 1.29 is 0 Å². The minimum absolute atomic E-state index is 0.922. The van der Waals surface area contributed by atoms with Crippen molar-refractivity contribution in [3.05, 3.63) is 157 Å². The van der Waals surface area contributed by atoms with Crippen LogP contribution < -0.4 is 21.2 Å². The summed E-state index contributed by atoms with van der Waals surface area (Å²) in [7, 11) is -2.08. The molecule has 0 radical (unpaired) electrons. The van der Waals surface area contributed by atoms with Crippen molar-refractivity contribution in [2.75, 3.05) is 0 Å². The van der Waals surface area contributed by atoms with Crippen LogP contribution in [0, 0.1) is 0 Å². The molecular weight excluding hydrogens is 403 g/mol. The van der Waals surface area contributed by atoms with E-state index in [9.17, 15) is 0 Å². The first-order chi connectivity index (χ1) is 15.9. The van der Waals surface area contributed by atoms with Crippen molar-refractivity contribution in [2.24, 2.45) is 0 Å². The summed E-state index contributed by atoms with van der Waals surface area (Å²) in [6.07, 6.45) is 0.922. The van der Waals surface area contributed by atoms with Crippen LogP contribution in [-0.2, 0) is 6.42 Å². The van der Waals surface area contributed by atoms with E-state index in [1.807, 2.05) is 0 Å². The highest BCUT2D eigenvalue weighted by atomic mass is 31.2. The predicted octanol–water partition coefficient (Wildman–Crippen LogP) is 5.90. The van der Waals surface area contributed by atoms with Gasteiger partial charge in [0.1, 0.15) is 28.5 Å². The highest BCUT2D eigenvalue weighted by Crippen LogP contribution is 2.55. The van der Waals surface area contributed by atoms with Gasteiger partial charge in [-0.3, -0.25) is 0 Å². The van der Waals surface area contributed by atoms with Crippen molar-refractivity contribution in [1.82, 2.24) is 0 Å². The van der Waals surface area contributed by atoms with Gasteiger partial charge in [0.25, 0.3) is 0 Å². The summed E-state index contributed by atoms with van der Waals surface area (Å²) in [5.41, 5.74) is 2.73. The zero-order valence-corrected chi connectivity index (χ0v) is 18.9. The molecule has 1 heteroatoms. The van der Waals surface area contributed by atoms with E-state index >= 15 is 0 Å². The summed E-state index contributed by atoms with van der Waals surface area (Å²) in [4.78, 5) is 0. The second kappa shape index (κ2) is 9.35. The van der Waals surface area contributed by atoms with E-state index in [1.165, 1.54) is 32.3 Å². The maximum Gasteiger partial charge on any atom is 0.144 e. The fourth-order valence-corrected chi connectivity index (χ4v) is 9.10. The average molecular weight is 430 g/mol. The van der Waals surface area contributed by atoms with Gasteiger partial charge in [-0.2, -0.15) is 0 Å². The van der Waals surface area contributed by atoms with E-state index < -0.39 is 7.26 Å². The van der Waals surface area contributed by atoms with Crippen LogP contribution in [0.5, 0.6) is 0 Å². The van der Waals surface area contributed by atoms with E-state index in [1.54, 1.807) is 0 Å². The molecule has 5 aromatic rings. The Kier molecular flexibility index (Phi) is 5.97. The van der Waals surface area contributed by atoms with Crippen LogP contribution in [0.3, 0.4) is 0 Å². The normalized spacial score (nSPS) is 11.2. The molecule has 0 heterocycles. The van der Waals surface area contributed by atoms with Gasteiger partial charge in [-0.1, -0.05) is 103 Å². The molecule has 0 N–H and O–H groups in total. The smallest absolute Gasteiger partial charge is 0.0622 e. The lowest BCUT2D eigenvalue weighted by atomic mass is 10.1. The molecule has 0 saturated heterocycles. The Balaban J connectivity index is 1.84. The largest absolute Gasteiger partial charge is 0.144 e. The summed E-state index contributed by atoms with van der Waals surface area (Å²) in [6.45, 7) is 0. The molecule has 0 fully saturated rings. The average Bonchev–Trinajstić information content (AvgIpc) is 2.88. The Morgan fingerprint density at radius 3 is 1.22 bits per heavy atom. The molecule has 0 nitrogen and oxygen atoms in total. The van der Waals surface area contributed by atoms with E-state index in [-0.39, 0.29) is 0 Å². The van der Waals surface area contributed by atoms with Crippen LogP contribution in [0.15, 0.2) is 146 Å². The monoisotopic (exact) mass is 429 g/mol. The second-order valence-electron chi connectivity index (χ2n) is 7.97. The third-order valence-electron chi connectivity index (χ3n) is 6.02. The highest BCUT2D eigenvalue weighted by molar-refractivity contribution is 8.01. The predicted molar refractivity (Wildman–Crippen MR) is 140 cm³/mol. The molecule has 0 spiro atoms. The van der Waals surface area contributed by atoms with Crippen LogP contribution in [0.25, 0.3) is 0 Å². The standard InChI is InChI=1S/C31H26P/c1-5-15-26(16-6-1)25-27-17-13-14-24-31(27)32(28-18-7-2-8-19-28,29-20-9-3-10-21-29)30-22-11-4-12-23-30/h1-24H,25H2/q+1. The molecule has 32 heavy (non-hydrogen) atoms. The zero-order valence-electron chi connectivity index (χ0n) is 18.0. The third-order valence-corrected chi connectivity index (χ3v) is 10.4. The number of hydrogen-bond donors (Lipinski definition) is 0. The summed E-state index contributed by atoms with van der Waals surface area (Å²) >= 11 is 0. The van der Waals surface area contributed by atoms with E-state index in [4.69, 9.17) is 0 Å². The lowest BCUT2D eigenvalue weighted by Crippen LogP contribution is -2.40. The van der Waals surface area contributed by atoms with Crippen molar-refractivity contribution in [1.29, 1.82) is 0 Å². The molecule has 0 bridgehead atoms. The fourth-order valence-electron chi connectivity index (χ4n) is 4.62. The topological polar surface area (TPSA) is 0 Å². The highest BCUT2D eigenvalue weighted by Gasteiger charge is 2.48. The van der Waals surface area contributed by atoms with Gasteiger partial charge in [-0.25, -0.2) is 0 Å². The van der Waals surface area contributed by atoms with Crippen molar-refractivity contribution >= 4 is 28.5 Å². The summed E-state index contributed by atoms with van der Waals surface area (Å²) in [5.74, 6) is 0. The van der Waals surface area contributed by atoms with Crippen LogP contribution in [0.1, 0.15) is 11.1 Å². The van der Waals surface area contributed by atoms with Crippen LogP contribution in [-0.4, -0.2) is 0 Å². The fraction of sp³-hybridized carbons (Fsp3) is 0.0323.